The maximum absolute atomic E-state index is 13.9. The number of aryl methyl sites for hydroxylation is 1. The van der Waals surface area contributed by atoms with E-state index >= 15 is 0 Å². The topological polar surface area (TPSA) is 191 Å². The van der Waals surface area contributed by atoms with Gasteiger partial charge in [0, 0.05) is 18.8 Å². The second-order valence-electron chi connectivity index (χ2n) is 14.4. The molecule has 4 aliphatic rings. The molecule has 1 unspecified atom stereocenters. The molecule has 12 nitrogen and oxygen atoms in total. The molecule has 1 atom stereocenters. The highest BCUT2D eigenvalue weighted by Crippen LogP contribution is 2.59. The fourth-order valence-corrected chi connectivity index (χ4v) is 8.94. The number of carbonyl (C=O) groups is 5. The summed E-state index contributed by atoms with van der Waals surface area (Å²) in [6.45, 7) is 2.19. The molecule has 0 spiro atoms. The molecule has 12 heteroatoms. The fourth-order valence-electron chi connectivity index (χ4n) is 8.94. The highest BCUT2D eigenvalue weighted by atomic mass is 16.4. The zero-order chi connectivity index (χ0) is 35.2. The Morgan fingerprint density at radius 3 is 2.00 bits per heavy atom. The van der Waals surface area contributed by atoms with Gasteiger partial charge in [-0.15, -0.1) is 0 Å². The Kier molecular flexibility index (Phi) is 8.63. The van der Waals surface area contributed by atoms with Crippen LogP contribution in [-0.4, -0.2) is 62.9 Å². The van der Waals surface area contributed by atoms with Gasteiger partial charge in [0.2, 0.25) is 5.91 Å². The van der Waals surface area contributed by atoms with Gasteiger partial charge < -0.3 is 31.1 Å². The van der Waals surface area contributed by atoms with Crippen LogP contribution >= 0.6 is 0 Å². The van der Waals surface area contributed by atoms with Crippen molar-refractivity contribution in [3.05, 3.63) is 94.3 Å². The Morgan fingerprint density at radius 2 is 1.40 bits per heavy atom. The predicted molar refractivity (Wildman–Crippen MR) is 184 cm³/mol. The Bertz CT molecular complexity index is 1950. The molecule has 4 fully saturated rings. The molecule has 4 aliphatic carbocycles. The quantitative estimate of drug-likeness (QED) is 0.122. The third-order valence-electron chi connectivity index (χ3n) is 10.7. The maximum atomic E-state index is 13.9. The van der Waals surface area contributed by atoms with Crippen LogP contribution in [0.25, 0.3) is 11.0 Å². The number of aromatic nitrogens is 2. The molecule has 3 aromatic carbocycles. The van der Waals surface area contributed by atoms with Crippen molar-refractivity contribution in [2.24, 2.45) is 23.2 Å². The van der Waals surface area contributed by atoms with Crippen LogP contribution in [0, 0.1) is 30.1 Å². The molecule has 4 bridgehead atoms. The van der Waals surface area contributed by atoms with Crippen molar-refractivity contribution in [1.29, 1.82) is 0 Å². The smallest absolute Gasteiger partial charge is 0.335 e. The van der Waals surface area contributed by atoms with E-state index in [4.69, 9.17) is 0 Å². The number of nitrogens with one attached hydrogen (secondary N) is 4. The number of aromatic carboxylic acids is 2. The zero-order valence-electron chi connectivity index (χ0n) is 27.6. The summed E-state index contributed by atoms with van der Waals surface area (Å²) in [5, 5.41) is 27.6. The van der Waals surface area contributed by atoms with Gasteiger partial charge in [0.1, 0.15) is 5.82 Å². The van der Waals surface area contributed by atoms with Crippen molar-refractivity contribution in [2.75, 3.05) is 18.4 Å². The molecular formula is C38H39N5O7. The zero-order valence-corrected chi connectivity index (χ0v) is 27.6. The van der Waals surface area contributed by atoms with Crippen LogP contribution < -0.4 is 16.0 Å². The van der Waals surface area contributed by atoms with Crippen LogP contribution in [-0.2, 0) is 4.79 Å². The van der Waals surface area contributed by atoms with Crippen LogP contribution in [0.3, 0.4) is 0 Å². The average molecular weight is 678 g/mol. The summed E-state index contributed by atoms with van der Waals surface area (Å²) in [5.74, 6) is -2.32. The second-order valence-corrected chi connectivity index (χ2v) is 14.4. The Hall–Kier alpha value is -5.52. The number of carbonyl (C=O) groups excluding carboxylic acids is 3. The number of fused-ring (bicyclic) bond motifs is 1. The number of nitrogens with zero attached hydrogens (tertiary/aromatic N) is 1. The molecule has 3 amide bonds. The van der Waals surface area contributed by atoms with E-state index in [2.05, 4.69) is 25.9 Å². The van der Waals surface area contributed by atoms with E-state index in [1.807, 2.05) is 0 Å². The number of carboxylic acid groups (broad SMARTS) is 2. The molecule has 1 aromatic heterocycles. The van der Waals surface area contributed by atoms with Gasteiger partial charge in [-0.25, -0.2) is 14.6 Å². The minimum absolute atomic E-state index is 0.0168. The maximum Gasteiger partial charge on any atom is 0.335 e. The predicted octanol–water partition coefficient (Wildman–Crippen LogP) is 5.37. The number of benzene rings is 3. The van der Waals surface area contributed by atoms with Gasteiger partial charge in [-0.2, -0.15) is 0 Å². The van der Waals surface area contributed by atoms with E-state index in [0.717, 1.165) is 43.1 Å². The lowest BCUT2D eigenvalue weighted by Crippen LogP contribution is -2.51. The lowest BCUT2D eigenvalue weighted by Gasteiger charge is -2.56. The fraction of sp³-hybridized carbons (Fsp3) is 0.368. The minimum Gasteiger partial charge on any atom is -0.478 e. The number of hydrogen-bond donors (Lipinski definition) is 6. The van der Waals surface area contributed by atoms with E-state index in [0.29, 0.717) is 29.0 Å². The van der Waals surface area contributed by atoms with Gasteiger partial charge in [0.05, 0.1) is 39.2 Å². The van der Waals surface area contributed by atoms with E-state index < -0.39 is 29.7 Å². The molecule has 50 heavy (non-hydrogen) atoms. The van der Waals surface area contributed by atoms with Crippen LogP contribution in [0.15, 0.2) is 60.7 Å². The Labute approximate surface area is 288 Å². The summed E-state index contributed by atoms with van der Waals surface area (Å²) in [5.41, 5.74) is 1.52. The van der Waals surface area contributed by atoms with Gasteiger partial charge in [0.15, 0.2) is 0 Å². The SMILES string of the molecule is Cc1nc2cc(C(=O)NCC(C(=O)Nc3cc(C(=O)O)cc(C(=O)O)c3)c3ccccc3)c(C(=O)NCC34CC5CC(CC(C5)C3)C4)cc2[nH]1. The molecule has 0 saturated heterocycles. The third kappa shape index (κ3) is 6.70. The van der Waals surface area contributed by atoms with E-state index in [9.17, 15) is 34.2 Å². The number of carboxylic acids is 2. The molecule has 0 radical (unpaired) electrons. The lowest BCUT2D eigenvalue weighted by molar-refractivity contribution is -0.117. The van der Waals surface area contributed by atoms with Gasteiger partial charge >= 0.3 is 11.9 Å². The number of H-pyrrole nitrogens is 1. The molecule has 1 heterocycles. The van der Waals surface area contributed by atoms with E-state index in [1.165, 1.54) is 31.4 Å². The number of rotatable bonds is 11. The first-order valence-electron chi connectivity index (χ1n) is 17.0. The second kappa shape index (κ2) is 13.1. The Balaban J connectivity index is 1.12. The number of imidazole rings is 1. The summed E-state index contributed by atoms with van der Waals surface area (Å²) in [7, 11) is 0. The van der Waals surface area contributed by atoms with Crippen LogP contribution in [0.4, 0.5) is 5.69 Å². The monoisotopic (exact) mass is 677 g/mol. The standard InChI is InChI=1S/C38H39N5O7/c1-20-41-31-13-28(29(14-32(31)42-20)34(45)40-19-38-15-21-7-22(16-38)9-23(8-21)17-38)33(44)39-18-30(24-5-3-2-4-6-24)35(46)43-27-11-25(36(47)48)10-26(12-27)37(49)50/h2-6,10-14,21-23,30H,7-9,15-19H2,1H3,(H,39,44)(H,40,45)(H,41,42)(H,43,46)(H,47,48)(H,49,50). The van der Waals surface area contributed by atoms with Crippen molar-refractivity contribution in [3.63, 3.8) is 0 Å². The first kappa shape index (κ1) is 33.0. The number of amides is 3. The summed E-state index contributed by atoms with van der Waals surface area (Å²) in [6.07, 6.45) is 7.29. The molecule has 4 saturated carbocycles. The average Bonchev–Trinajstić information content (AvgIpc) is 3.45. The highest BCUT2D eigenvalue weighted by molar-refractivity contribution is 6.10. The van der Waals surface area contributed by atoms with Gasteiger partial charge in [-0.05, 0) is 105 Å². The highest BCUT2D eigenvalue weighted by Gasteiger charge is 2.50. The van der Waals surface area contributed by atoms with Crippen molar-refractivity contribution < 1.29 is 34.2 Å². The first-order valence-corrected chi connectivity index (χ1v) is 17.0. The number of hydrogen-bond acceptors (Lipinski definition) is 6. The van der Waals surface area contributed by atoms with E-state index in [-0.39, 0.29) is 45.8 Å². The lowest BCUT2D eigenvalue weighted by atomic mass is 9.49. The number of anilines is 1. The summed E-state index contributed by atoms with van der Waals surface area (Å²) < 4.78 is 0. The van der Waals surface area contributed by atoms with Crippen molar-refractivity contribution in [3.8, 4) is 0 Å². The molecule has 0 aliphatic heterocycles. The summed E-state index contributed by atoms with van der Waals surface area (Å²) in [4.78, 5) is 72.4. The largest absolute Gasteiger partial charge is 0.478 e. The third-order valence-corrected chi connectivity index (χ3v) is 10.7. The minimum atomic E-state index is -1.35. The molecular weight excluding hydrogens is 638 g/mol. The van der Waals surface area contributed by atoms with Crippen LogP contribution in [0.2, 0.25) is 0 Å². The van der Waals surface area contributed by atoms with E-state index in [1.54, 1.807) is 49.4 Å². The summed E-state index contributed by atoms with van der Waals surface area (Å²) in [6, 6.07) is 15.3. The molecule has 4 aromatic rings. The number of aromatic amines is 1. The first-order chi connectivity index (χ1) is 23.9. The molecule has 258 valence electrons. The Morgan fingerprint density at radius 1 is 0.820 bits per heavy atom. The van der Waals surface area contributed by atoms with Crippen LogP contribution in [0.5, 0.6) is 0 Å². The van der Waals surface area contributed by atoms with Crippen molar-refractivity contribution in [1.82, 2.24) is 20.6 Å². The van der Waals surface area contributed by atoms with Gasteiger partial charge in [0.25, 0.3) is 11.8 Å². The van der Waals surface area contributed by atoms with Gasteiger partial charge in [-0.3, -0.25) is 14.4 Å². The normalized spacial score (nSPS) is 22.5. The van der Waals surface area contributed by atoms with Gasteiger partial charge in [-0.1, -0.05) is 30.3 Å². The summed E-state index contributed by atoms with van der Waals surface area (Å²) >= 11 is 0. The molecule has 8 rings (SSSR count). The molecule has 6 N–H and O–H groups in total. The van der Waals surface area contributed by atoms with Crippen molar-refractivity contribution in [2.45, 2.75) is 51.4 Å². The van der Waals surface area contributed by atoms with Crippen molar-refractivity contribution >= 4 is 46.4 Å². The van der Waals surface area contributed by atoms with Crippen LogP contribution in [0.1, 0.15) is 97.3 Å².